The first-order chi connectivity index (χ1) is 19.4. The van der Waals surface area contributed by atoms with Gasteiger partial charge in [-0.3, -0.25) is 19.3 Å². The van der Waals surface area contributed by atoms with Gasteiger partial charge in [-0.05, 0) is 50.5 Å². The van der Waals surface area contributed by atoms with E-state index >= 15 is 0 Å². The third-order valence-electron chi connectivity index (χ3n) is 8.33. The van der Waals surface area contributed by atoms with Gasteiger partial charge in [0.15, 0.2) is 5.13 Å². The Morgan fingerprint density at radius 1 is 1.18 bits per heavy atom. The molecule has 3 aliphatic heterocycles. The van der Waals surface area contributed by atoms with Crippen LogP contribution in [0, 0.1) is 18.3 Å². The van der Waals surface area contributed by atoms with E-state index in [2.05, 4.69) is 38.0 Å². The molecule has 0 unspecified atom stereocenters. The number of benzene rings is 1. The second-order valence-corrected chi connectivity index (χ2v) is 12.5. The van der Waals surface area contributed by atoms with E-state index in [9.17, 15) is 14.4 Å². The lowest BCUT2D eigenvalue weighted by Crippen LogP contribution is -2.58. The summed E-state index contributed by atoms with van der Waals surface area (Å²) in [4.78, 5) is 47.6. The number of aryl methyl sites for hydroxylation is 1. The summed E-state index contributed by atoms with van der Waals surface area (Å²) in [5.41, 5.74) is 0.428. The Bertz CT molecular complexity index is 1210. The number of ether oxygens (including phenoxy) is 1. The Morgan fingerprint density at radius 3 is 2.73 bits per heavy atom. The third kappa shape index (κ3) is 7.16. The molecular weight excluding hydrogens is 526 g/mol. The van der Waals surface area contributed by atoms with E-state index in [0.29, 0.717) is 57.1 Å². The number of fused-ring (bicyclic) bond motifs is 1. The summed E-state index contributed by atoms with van der Waals surface area (Å²) >= 11 is 1.46. The van der Waals surface area contributed by atoms with Gasteiger partial charge < -0.3 is 20.7 Å². The molecule has 0 radical (unpaired) electrons. The van der Waals surface area contributed by atoms with Crippen molar-refractivity contribution < 1.29 is 19.1 Å². The largest absolute Gasteiger partial charge is 0.381 e. The molecule has 214 valence electrons. The van der Waals surface area contributed by atoms with Crippen molar-refractivity contribution in [2.24, 2.45) is 11.3 Å². The topological polar surface area (TPSA) is 113 Å². The van der Waals surface area contributed by atoms with Crippen molar-refractivity contribution in [1.29, 1.82) is 0 Å². The van der Waals surface area contributed by atoms with Gasteiger partial charge in [-0.15, -0.1) is 11.3 Å². The Labute approximate surface area is 239 Å². The van der Waals surface area contributed by atoms with E-state index in [-0.39, 0.29) is 36.2 Å². The van der Waals surface area contributed by atoms with Gasteiger partial charge in [-0.1, -0.05) is 42.5 Å². The Balaban J connectivity index is 1.32. The Morgan fingerprint density at radius 2 is 1.98 bits per heavy atom. The molecule has 1 aromatic heterocycles. The summed E-state index contributed by atoms with van der Waals surface area (Å²) in [5, 5.41) is 9.95. The second-order valence-electron chi connectivity index (χ2n) is 11.2. The summed E-state index contributed by atoms with van der Waals surface area (Å²) in [6.45, 7) is 4.74. The molecule has 2 aromatic rings. The number of nitrogens with one attached hydrogen (secondary N) is 3. The van der Waals surface area contributed by atoms with E-state index in [4.69, 9.17) is 4.74 Å². The number of nitrogens with zero attached hydrogens (tertiary/aromatic N) is 2. The van der Waals surface area contributed by atoms with Crippen molar-refractivity contribution in [3.05, 3.63) is 59.1 Å². The second kappa shape index (κ2) is 13.1. The molecule has 9 nitrogen and oxygen atoms in total. The molecule has 3 N–H and O–H groups in total. The van der Waals surface area contributed by atoms with Crippen molar-refractivity contribution in [1.82, 2.24) is 20.5 Å². The van der Waals surface area contributed by atoms with Gasteiger partial charge in [0.1, 0.15) is 6.04 Å². The average Bonchev–Trinajstić information content (AvgIpc) is 3.36. The Kier molecular flexibility index (Phi) is 9.29. The summed E-state index contributed by atoms with van der Waals surface area (Å²) in [5.74, 6) is -0.135. The van der Waals surface area contributed by atoms with Crippen LogP contribution in [0.25, 0.3) is 0 Å². The maximum Gasteiger partial charge on any atom is 0.243 e. The summed E-state index contributed by atoms with van der Waals surface area (Å²) in [7, 11) is 0. The van der Waals surface area contributed by atoms with Crippen LogP contribution in [-0.4, -0.2) is 72.5 Å². The van der Waals surface area contributed by atoms with Gasteiger partial charge in [-0.2, -0.15) is 0 Å². The van der Waals surface area contributed by atoms with Crippen molar-refractivity contribution in [3.63, 3.8) is 0 Å². The van der Waals surface area contributed by atoms with Gasteiger partial charge >= 0.3 is 0 Å². The highest BCUT2D eigenvalue weighted by atomic mass is 32.1. The molecule has 2 fully saturated rings. The van der Waals surface area contributed by atoms with E-state index in [0.717, 1.165) is 23.3 Å². The van der Waals surface area contributed by atoms with Crippen molar-refractivity contribution in [2.75, 3.05) is 38.2 Å². The highest BCUT2D eigenvalue weighted by Gasteiger charge is 2.41. The first-order valence-corrected chi connectivity index (χ1v) is 15.0. The normalized spacial score (nSPS) is 26.5. The fraction of sp³-hybridized carbons (Fsp3) is 0.533. The smallest absolute Gasteiger partial charge is 0.243 e. The van der Waals surface area contributed by atoms with Gasteiger partial charge in [0.2, 0.25) is 17.7 Å². The molecular formula is C30H39N5O4S. The van der Waals surface area contributed by atoms with Crippen LogP contribution in [0.1, 0.15) is 42.5 Å². The van der Waals surface area contributed by atoms with Crippen molar-refractivity contribution in [3.8, 4) is 0 Å². The van der Waals surface area contributed by atoms with Crippen LogP contribution in [0.4, 0.5) is 5.13 Å². The van der Waals surface area contributed by atoms with Gasteiger partial charge in [0, 0.05) is 49.8 Å². The first-order valence-electron chi connectivity index (χ1n) is 14.2. The molecule has 4 heterocycles. The van der Waals surface area contributed by atoms with Gasteiger partial charge in [0.05, 0.1) is 12.0 Å². The summed E-state index contributed by atoms with van der Waals surface area (Å²) in [6, 6.07) is 9.13. The van der Waals surface area contributed by atoms with E-state index in [1.165, 1.54) is 11.3 Å². The number of rotatable bonds is 5. The molecule has 3 amide bonds. The van der Waals surface area contributed by atoms with E-state index in [1.54, 1.807) is 6.20 Å². The molecule has 5 rings (SSSR count). The number of hydrogen-bond acceptors (Lipinski definition) is 7. The highest BCUT2D eigenvalue weighted by Crippen LogP contribution is 2.36. The van der Waals surface area contributed by atoms with Crippen LogP contribution in [0.3, 0.4) is 0 Å². The van der Waals surface area contributed by atoms with Crippen molar-refractivity contribution >= 4 is 34.2 Å². The quantitative estimate of drug-likeness (QED) is 0.481. The van der Waals surface area contributed by atoms with E-state index < -0.39 is 11.5 Å². The van der Waals surface area contributed by atoms with Crippen molar-refractivity contribution in [2.45, 2.75) is 57.5 Å². The zero-order valence-corrected chi connectivity index (χ0v) is 23.9. The van der Waals surface area contributed by atoms with E-state index in [1.807, 2.05) is 37.3 Å². The fourth-order valence-electron chi connectivity index (χ4n) is 5.97. The number of carbonyl (C=O) groups is 3. The predicted octanol–water partition coefficient (Wildman–Crippen LogP) is 3.07. The number of amides is 3. The monoisotopic (exact) mass is 565 g/mol. The molecule has 3 aliphatic rings. The van der Waals surface area contributed by atoms with Gasteiger partial charge in [-0.25, -0.2) is 4.98 Å². The first kappa shape index (κ1) is 28.4. The molecule has 0 bridgehead atoms. The van der Waals surface area contributed by atoms with Crippen LogP contribution in [0.5, 0.6) is 0 Å². The van der Waals surface area contributed by atoms with Crippen LogP contribution >= 0.6 is 11.3 Å². The molecule has 1 aromatic carbocycles. The lowest BCUT2D eigenvalue weighted by Gasteiger charge is -2.40. The minimum atomic E-state index is -0.663. The molecule has 3 atom stereocenters. The zero-order chi connectivity index (χ0) is 28.0. The average molecular weight is 566 g/mol. The number of likely N-dealkylation sites (tertiary alicyclic amines) is 1. The predicted molar refractivity (Wildman–Crippen MR) is 155 cm³/mol. The minimum absolute atomic E-state index is 0.0373. The minimum Gasteiger partial charge on any atom is -0.381 e. The number of anilines is 1. The number of hydrogen-bond donors (Lipinski definition) is 3. The molecule has 40 heavy (non-hydrogen) atoms. The number of thiazole rings is 1. The Hall–Kier alpha value is -3.08. The number of aromatic nitrogens is 1. The van der Waals surface area contributed by atoms with Gasteiger partial charge in [0.25, 0.3) is 0 Å². The van der Waals surface area contributed by atoms with Crippen LogP contribution < -0.4 is 16.0 Å². The fourth-order valence-corrected chi connectivity index (χ4v) is 6.65. The zero-order valence-electron chi connectivity index (χ0n) is 23.1. The highest BCUT2D eigenvalue weighted by molar-refractivity contribution is 7.15. The van der Waals surface area contributed by atoms with Crippen LogP contribution in [0.15, 0.2) is 48.7 Å². The maximum absolute atomic E-state index is 13.7. The molecule has 1 spiro atoms. The lowest BCUT2D eigenvalue weighted by atomic mass is 9.75. The lowest BCUT2D eigenvalue weighted by molar-refractivity contribution is -0.140. The standard InChI is InChI=1S/C30H39N5O4S/c1-21-18-31-29(40-21)34-26(36)20-35-14-10-24-23(19-35)9-5-6-11-30(12-15-39-16-13-30)28(38)33-25(27(37)32-24)17-22-7-3-2-4-8-22/h2-8,18,23-25H,9-17,19-20H2,1H3,(H,32,37)(H,33,38)(H,31,34,36)/b6-5+/t23-,24+,25-/m1/s1. The summed E-state index contributed by atoms with van der Waals surface area (Å²) in [6.07, 6.45) is 9.87. The maximum atomic E-state index is 13.7. The van der Waals surface area contributed by atoms with Crippen LogP contribution in [0.2, 0.25) is 0 Å². The number of carbonyl (C=O) groups excluding carboxylic acids is 3. The molecule has 10 heteroatoms. The third-order valence-corrected chi connectivity index (χ3v) is 9.16. The SMILES string of the molecule is Cc1cnc(NC(=O)CN2CC[C@@H]3NC(=O)[C@@H](Cc4ccccc4)NC(=O)C4(C/C=C/C[C@@H]3C2)CCOCC4)s1. The van der Waals surface area contributed by atoms with Crippen LogP contribution in [-0.2, 0) is 25.5 Å². The molecule has 2 saturated heterocycles. The molecule has 0 aliphatic carbocycles. The molecule has 0 saturated carbocycles. The summed E-state index contributed by atoms with van der Waals surface area (Å²) < 4.78 is 5.59. The number of allylic oxidation sites excluding steroid dienone is 2. The number of piperidine rings is 1.